The molecule has 10 nitrogen and oxygen atoms in total. The lowest BCUT2D eigenvalue weighted by molar-refractivity contribution is -0.149. The highest BCUT2D eigenvalue weighted by atomic mass is 28.3. The van der Waals surface area contributed by atoms with Gasteiger partial charge in [-0.15, -0.1) is 0 Å². The number of nitrogens with one attached hydrogen (secondary N) is 2. The predicted molar refractivity (Wildman–Crippen MR) is 217 cm³/mol. The SMILES string of the molecule is COc1ccc([Si](C)(C)[C@@H]2[C@@H](CC(=O)N3CCC[C@H]3CO)O[C@]3(C(=O)N(c4ccccc4)c4ccc(NC(=O)Cc5c[nH]c6ccccc56)cc43)[C@H]2C)cc1. The number of likely N-dealkylation sites (tertiary alicyclic amines) is 1. The number of amides is 3. The normalized spacial score (nSPS) is 23.5. The molecular formula is C44H48N4O6Si. The van der Waals surface area contributed by atoms with Gasteiger partial charge in [-0.1, -0.05) is 73.7 Å². The number of H-pyrrole nitrogens is 1. The molecule has 3 aliphatic rings. The largest absolute Gasteiger partial charge is 0.497 e. The Labute approximate surface area is 322 Å². The van der Waals surface area contributed by atoms with E-state index >= 15 is 4.79 Å². The fraction of sp³-hybridized carbons (Fsp3) is 0.341. The Hall–Kier alpha value is -5.23. The second kappa shape index (κ2) is 14.4. The zero-order valence-corrected chi connectivity index (χ0v) is 32.7. The lowest BCUT2D eigenvalue weighted by atomic mass is 9.82. The fourth-order valence-corrected chi connectivity index (χ4v) is 13.7. The summed E-state index contributed by atoms with van der Waals surface area (Å²) in [6, 6.07) is 31.0. The maximum Gasteiger partial charge on any atom is 0.268 e. The monoisotopic (exact) mass is 756 g/mol. The Kier molecular flexibility index (Phi) is 9.65. The average Bonchev–Trinajstić information content (AvgIpc) is 3.96. The van der Waals surface area contributed by atoms with Gasteiger partial charge in [0.1, 0.15) is 5.75 Å². The van der Waals surface area contributed by atoms with Crippen LogP contribution in [0.3, 0.4) is 0 Å². The van der Waals surface area contributed by atoms with Gasteiger partial charge in [0, 0.05) is 46.5 Å². The highest BCUT2D eigenvalue weighted by molar-refractivity contribution is 6.91. The minimum atomic E-state index is -2.53. The van der Waals surface area contributed by atoms with Crippen LogP contribution >= 0.6 is 0 Å². The summed E-state index contributed by atoms with van der Waals surface area (Å²) in [5.74, 6) is -0.0500. The summed E-state index contributed by atoms with van der Waals surface area (Å²) >= 11 is 0. The van der Waals surface area contributed by atoms with E-state index < -0.39 is 19.8 Å². The maximum absolute atomic E-state index is 15.3. The number of carbonyl (C=O) groups excluding carboxylic acids is 3. The predicted octanol–water partition coefficient (Wildman–Crippen LogP) is 6.63. The first kappa shape index (κ1) is 36.7. The van der Waals surface area contributed by atoms with Crippen molar-refractivity contribution in [2.24, 2.45) is 5.92 Å². The van der Waals surface area contributed by atoms with Gasteiger partial charge in [-0.25, -0.2) is 0 Å². The van der Waals surface area contributed by atoms with E-state index in [-0.39, 0.29) is 54.7 Å². The molecule has 0 radical (unpaired) electrons. The van der Waals surface area contributed by atoms with Gasteiger partial charge < -0.3 is 29.8 Å². The number of carbonyl (C=O) groups is 3. The maximum atomic E-state index is 15.3. The van der Waals surface area contributed by atoms with Crippen molar-refractivity contribution < 1.29 is 29.0 Å². The molecule has 1 aromatic heterocycles. The summed E-state index contributed by atoms with van der Waals surface area (Å²) in [6.07, 6.45) is 3.15. The number of hydrogen-bond acceptors (Lipinski definition) is 6. The molecular weight excluding hydrogens is 709 g/mol. The van der Waals surface area contributed by atoms with Crippen LogP contribution in [-0.4, -0.2) is 73.2 Å². The minimum absolute atomic E-state index is 0.0702. The minimum Gasteiger partial charge on any atom is -0.497 e. The van der Waals surface area contributed by atoms with Crippen LogP contribution in [0, 0.1) is 5.92 Å². The topological polar surface area (TPSA) is 124 Å². The quantitative estimate of drug-likeness (QED) is 0.138. The first-order chi connectivity index (χ1) is 26.6. The third-order valence-corrected chi connectivity index (χ3v) is 16.7. The molecule has 5 atom stereocenters. The zero-order chi connectivity index (χ0) is 38.5. The molecule has 2 fully saturated rings. The number of aliphatic hydroxyl groups excluding tert-OH is 1. The summed E-state index contributed by atoms with van der Waals surface area (Å²) in [5.41, 5.74) is 2.90. The molecule has 11 heteroatoms. The first-order valence-corrected chi connectivity index (χ1v) is 22.3. The van der Waals surface area contributed by atoms with Crippen LogP contribution in [0.4, 0.5) is 17.1 Å². The van der Waals surface area contributed by atoms with Crippen molar-refractivity contribution in [3.05, 3.63) is 114 Å². The van der Waals surface area contributed by atoms with E-state index in [9.17, 15) is 14.7 Å². The number of ether oxygens (including phenoxy) is 2. The molecule has 0 aliphatic carbocycles. The third-order valence-electron chi connectivity index (χ3n) is 12.4. The number of fused-ring (bicyclic) bond motifs is 3. The molecule has 0 unspecified atom stereocenters. The van der Waals surface area contributed by atoms with Gasteiger partial charge in [-0.2, -0.15) is 0 Å². The van der Waals surface area contributed by atoms with Gasteiger partial charge >= 0.3 is 0 Å². The Bertz CT molecular complexity index is 2240. The van der Waals surface area contributed by atoms with Crippen LogP contribution in [0.15, 0.2) is 103 Å². The summed E-state index contributed by atoms with van der Waals surface area (Å²) < 4.78 is 12.8. The Morgan fingerprint density at radius 2 is 1.76 bits per heavy atom. The van der Waals surface area contributed by atoms with E-state index in [0.29, 0.717) is 29.2 Å². The molecule has 0 saturated carbocycles. The Morgan fingerprint density at radius 1 is 1.02 bits per heavy atom. The van der Waals surface area contributed by atoms with Crippen LogP contribution in [0.5, 0.6) is 5.75 Å². The van der Waals surface area contributed by atoms with Crippen LogP contribution < -0.4 is 20.1 Å². The molecule has 1 spiro atoms. The van der Waals surface area contributed by atoms with Crippen LogP contribution in [0.25, 0.3) is 10.9 Å². The smallest absolute Gasteiger partial charge is 0.268 e. The van der Waals surface area contributed by atoms with Crippen LogP contribution in [0.2, 0.25) is 18.6 Å². The van der Waals surface area contributed by atoms with Gasteiger partial charge in [-0.3, -0.25) is 19.3 Å². The van der Waals surface area contributed by atoms with Gasteiger partial charge in [0.15, 0.2) is 5.60 Å². The lowest BCUT2D eigenvalue weighted by Crippen LogP contribution is -2.52. The van der Waals surface area contributed by atoms with E-state index in [1.54, 1.807) is 16.9 Å². The number of benzene rings is 4. The van der Waals surface area contributed by atoms with Crippen molar-refractivity contribution >= 4 is 58.9 Å². The molecule has 3 aliphatic heterocycles. The van der Waals surface area contributed by atoms with Crippen molar-refractivity contribution in [2.75, 3.05) is 30.5 Å². The lowest BCUT2D eigenvalue weighted by Gasteiger charge is -2.37. The van der Waals surface area contributed by atoms with E-state index in [0.717, 1.165) is 35.1 Å². The van der Waals surface area contributed by atoms with Crippen molar-refractivity contribution in [3.8, 4) is 5.75 Å². The number of rotatable bonds is 10. The molecule has 4 heterocycles. The highest BCUT2D eigenvalue weighted by Gasteiger charge is 2.67. The highest BCUT2D eigenvalue weighted by Crippen LogP contribution is 2.61. The number of aliphatic hydroxyl groups is 1. The number of nitrogens with zero attached hydrogens (tertiary/aromatic N) is 2. The number of aromatic nitrogens is 1. The molecule has 4 aromatic carbocycles. The number of aromatic amines is 1. The second-order valence-corrected chi connectivity index (χ2v) is 20.4. The van der Waals surface area contributed by atoms with Crippen LogP contribution in [0.1, 0.15) is 37.3 Å². The van der Waals surface area contributed by atoms with Gasteiger partial charge in [0.25, 0.3) is 5.91 Å². The summed E-state index contributed by atoms with van der Waals surface area (Å²) in [5, 5.41) is 15.4. The van der Waals surface area contributed by atoms with Crippen LogP contribution in [-0.2, 0) is 31.1 Å². The molecule has 5 aromatic rings. The molecule has 55 heavy (non-hydrogen) atoms. The average molecular weight is 757 g/mol. The van der Waals surface area contributed by atoms with Crippen molar-refractivity contribution in [1.29, 1.82) is 0 Å². The zero-order valence-electron chi connectivity index (χ0n) is 31.7. The number of para-hydroxylation sites is 2. The fourth-order valence-electron chi connectivity index (χ4n) is 9.65. The third kappa shape index (κ3) is 6.24. The van der Waals surface area contributed by atoms with E-state index in [4.69, 9.17) is 9.47 Å². The van der Waals surface area contributed by atoms with E-state index in [2.05, 4.69) is 42.5 Å². The Morgan fingerprint density at radius 3 is 2.51 bits per heavy atom. The molecule has 0 bridgehead atoms. The summed E-state index contributed by atoms with van der Waals surface area (Å²) in [7, 11) is -0.881. The van der Waals surface area contributed by atoms with Gasteiger partial charge in [0.05, 0.1) is 52.5 Å². The standard InChI is InChI=1S/C44H48N4O6Si/c1-28-42(55(3,4)34-19-17-33(53-2)18-20-34)39(25-41(51)47-22-10-13-32(47)27-49)54-44(28)36-24-30(16-21-38(36)48(43(44)52)31-11-6-5-7-12-31)46-40(50)23-29-26-45-37-15-9-8-14-35(29)37/h5-9,11-12,14-21,24,26,28,32,39,42,45,49H,10,13,22-23,25,27H2,1-4H3,(H,46,50)/t28-,32-,39+,42-,44+/m0/s1. The molecule has 8 rings (SSSR count). The van der Waals surface area contributed by atoms with E-state index in [1.807, 2.05) is 91.1 Å². The van der Waals surface area contributed by atoms with Gasteiger partial charge in [-0.05, 0) is 72.5 Å². The summed E-state index contributed by atoms with van der Waals surface area (Å²) in [6.45, 7) is 7.18. The van der Waals surface area contributed by atoms with Crippen molar-refractivity contribution in [3.63, 3.8) is 0 Å². The summed E-state index contributed by atoms with van der Waals surface area (Å²) in [4.78, 5) is 49.8. The number of hydrogen-bond donors (Lipinski definition) is 3. The number of methoxy groups -OCH3 is 1. The van der Waals surface area contributed by atoms with Gasteiger partial charge in [0.2, 0.25) is 11.8 Å². The van der Waals surface area contributed by atoms with Crippen molar-refractivity contribution in [1.82, 2.24) is 9.88 Å². The molecule has 3 N–H and O–H groups in total. The molecule has 3 amide bonds. The Balaban J connectivity index is 1.21. The molecule has 2 saturated heterocycles. The number of anilines is 3. The first-order valence-electron chi connectivity index (χ1n) is 19.2. The van der Waals surface area contributed by atoms with Crippen molar-refractivity contribution in [2.45, 2.75) is 69.0 Å². The second-order valence-electron chi connectivity index (χ2n) is 15.7. The van der Waals surface area contributed by atoms with E-state index in [1.165, 1.54) is 5.19 Å². The molecule has 284 valence electrons.